The maximum Gasteiger partial charge on any atom is 0.253 e. The lowest BCUT2D eigenvalue weighted by Gasteiger charge is -2.08. The number of nitrogens with one attached hydrogen (secondary N) is 1. The molecule has 0 saturated heterocycles. The van der Waals surface area contributed by atoms with Gasteiger partial charge in [-0.25, -0.2) is 0 Å². The minimum atomic E-state index is -0.262. The number of fused-ring (bicyclic) bond motifs is 1. The topological polar surface area (TPSA) is 68.0 Å². The van der Waals surface area contributed by atoms with Gasteiger partial charge in [0, 0.05) is 17.6 Å². The van der Waals surface area contributed by atoms with Crippen LogP contribution in [0, 0.1) is 0 Å². The lowest BCUT2D eigenvalue weighted by Crippen LogP contribution is -2.23. The number of nitrogens with zero attached hydrogens (tertiary/aromatic N) is 2. The third-order valence-corrected chi connectivity index (χ3v) is 3.81. The number of carbonyl (C=O) groups excluding carboxylic acids is 1. The molecule has 0 spiro atoms. The summed E-state index contributed by atoms with van der Waals surface area (Å²) in [5.74, 6) is 0.360. The molecule has 0 radical (unpaired) electrons. The number of benzene rings is 1. The fraction of sp³-hybridized carbons (Fsp3) is 0.235. The van der Waals surface area contributed by atoms with Crippen molar-refractivity contribution >= 4 is 28.4 Å². The Bertz CT molecular complexity index is 845. The van der Waals surface area contributed by atoms with E-state index in [4.69, 9.17) is 16.1 Å². The van der Waals surface area contributed by atoms with Gasteiger partial charge in [0.1, 0.15) is 0 Å². The van der Waals surface area contributed by atoms with Gasteiger partial charge in [0.05, 0.1) is 28.3 Å². The number of carbonyl (C=O) groups is 1. The first-order valence-corrected chi connectivity index (χ1v) is 7.82. The third-order valence-electron chi connectivity index (χ3n) is 3.50. The van der Waals surface area contributed by atoms with Gasteiger partial charge < -0.3 is 9.84 Å². The van der Waals surface area contributed by atoms with Crippen molar-refractivity contribution in [3.63, 3.8) is 0 Å². The summed E-state index contributed by atoms with van der Waals surface area (Å²) in [5.41, 5.74) is 2.04. The van der Waals surface area contributed by atoms with Gasteiger partial charge in [-0.3, -0.25) is 9.78 Å². The number of rotatable bonds is 5. The van der Waals surface area contributed by atoms with Gasteiger partial charge in [-0.1, -0.05) is 36.2 Å². The molecule has 5 nitrogen and oxygen atoms in total. The van der Waals surface area contributed by atoms with Crippen LogP contribution in [-0.2, 0) is 13.0 Å². The van der Waals surface area contributed by atoms with E-state index >= 15 is 0 Å². The Balaban J connectivity index is 1.79. The zero-order chi connectivity index (χ0) is 16.2. The molecule has 23 heavy (non-hydrogen) atoms. The van der Waals surface area contributed by atoms with E-state index < -0.39 is 0 Å². The van der Waals surface area contributed by atoms with E-state index in [1.807, 2.05) is 12.1 Å². The van der Waals surface area contributed by atoms with Crippen LogP contribution in [0.5, 0.6) is 0 Å². The number of aryl methyl sites for hydroxylation is 1. The van der Waals surface area contributed by atoms with Crippen molar-refractivity contribution in [3.8, 4) is 0 Å². The summed E-state index contributed by atoms with van der Waals surface area (Å²) in [6.07, 6.45) is 3.54. The molecule has 0 atom stereocenters. The van der Waals surface area contributed by atoms with Crippen LogP contribution in [0.1, 0.15) is 35.2 Å². The summed E-state index contributed by atoms with van der Waals surface area (Å²) < 4.78 is 5.21. The zero-order valence-electron chi connectivity index (χ0n) is 12.7. The highest BCUT2D eigenvalue weighted by Gasteiger charge is 2.15. The summed E-state index contributed by atoms with van der Waals surface area (Å²) >= 11 is 6.20. The second kappa shape index (κ2) is 6.79. The van der Waals surface area contributed by atoms with Gasteiger partial charge in [-0.2, -0.15) is 0 Å². The fourth-order valence-corrected chi connectivity index (χ4v) is 2.68. The first-order valence-electron chi connectivity index (χ1n) is 7.45. The molecule has 0 bridgehead atoms. The van der Waals surface area contributed by atoms with E-state index in [9.17, 15) is 4.79 Å². The molecule has 1 aromatic carbocycles. The average molecular weight is 330 g/mol. The van der Waals surface area contributed by atoms with Crippen LogP contribution in [0.4, 0.5) is 0 Å². The second-order valence-electron chi connectivity index (χ2n) is 5.21. The van der Waals surface area contributed by atoms with E-state index in [0.29, 0.717) is 16.3 Å². The molecule has 2 heterocycles. The summed E-state index contributed by atoms with van der Waals surface area (Å²) in [6.45, 7) is 2.34. The van der Waals surface area contributed by atoms with Crippen LogP contribution in [0.2, 0.25) is 5.02 Å². The standard InChI is InChI=1S/C17H16ClN3O2/c1-2-4-11-9-12(23-21-11)10-20-17(22)16-13-5-3-8-19-15(13)7-6-14(16)18/h3,5-9H,2,4,10H2,1H3,(H,20,22). The van der Waals surface area contributed by atoms with Crippen molar-refractivity contribution in [3.05, 3.63) is 58.6 Å². The maximum absolute atomic E-state index is 12.5. The Morgan fingerprint density at radius 1 is 1.35 bits per heavy atom. The van der Waals surface area contributed by atoms with Gasteiger partial charge >= 0.3 is 0 Å². The number of hydrogen-bond acceptors (Lipinski definition) is 4. The predicted molar refractivity (Wildman–Crippen MR) is 88.4 cm³/mol. The van der Waals surface area contributed by atoms with Crippen molar-refractivity contribution < 1.29 is 9.32 Å². The molecule has 3 aromatic rings. The number of pyridine rings is 1. The number of aromatic nitrogens is 2. The van der Waals surface area contributed by atoms with Gasteiger partial charge in [0.25, 0.3) is 5.91 Å². The molecule has 0 aliphatic carbocycles. The first kappa shape index (κ1) is 15.5. The van der Waals surface area contributed by atoms with Crippen molar-refractivity contribution in [1.29, 1.82) is 0 Å². The van der Waals surface area contributed by atoms with Gasteiger partial charge in [-0.15, -0.1) is 0 Å². The highest BCUT2D eigenvalue weighted by atomic mass is 35.5. The van der Waals surface area contributed by atoms with Crippen molar-refractivity contribution in [2.24, 2.45) is 0 Å². The van der Waals surface area contributed by atoms with Gasteiger partial charge in [0.2, 0.25) is 0 Å². The lowest BCUT2D eigenvalue weighted by molar-refractivity contribution is 0.0949. The van der Waals surface area contributed by atoms with E-state index in [1.54, 1.807) is 24.4 Å². The smallest absolute Gasteiger partial charge is 0.253 e. The number of halogens is 1. The third kappa shape index (κ3) is 3.35. The van der Waals surface area contributed by atoms with Crippen LogP contribution in [0.3, 0.4) is 0 Å². The van der Waals surface area contributed by atoms with E-state index in [0.717, 1.165) is 29.4 Å². The number of amides is 1. The summed E-state index contributed by atoms with van der Waals surface area (Å²) in [4.78, 5) is 16.7. The molecule has 6 heteroatoms. The fourth-order valence-electron chi connectivity index (χ4n) is 2.43. The Labute approximate surface area is 138 Å². The molecule has 0 aliphatic rings. The average Bonchev–Trinajstić information content (AvgIpc) is 3.00. The first-order chi connectivity index (χ1) is 11.2. The Kier molecular flexibility index (Phi) is 4.57. The molecule has 3 rings (SSSR count). The SMILES string of the molecule is CCCc1cc(CNC(=O)c2c(Cl)ccc3ncccc23)on1. The van der Waals surface area contributed by atoms with Crippen LogP contribution in [-0.4, -0.2) is 16.0 Å². The predicted octanol–water partition coefficient (Wildman–Crippen LogP) is 3.76. The van der Waals surface area contributed by atoms with Crippen LogP contribution < -0.4 is 5.32 Å². The molecule has 118 valence electrons. The summed E-state index contributed by atoms with van der Waals surface area (Å²) in [6, 6.07) is 8.94. The van der Waals surface area contributed by atoms with Crippen molar-refractivity contribution in [2.75, 3.05) is 0 Å². The minimum Gasteiger partial charge on any atom is -0.359 e. The Hall–Kier alpha value is -2.40. The molecular weight excluding hydrogens is 314 g/mol. The normalized spacial score (nSPS) is 10.9. The summed E-state index contributed by atoms with van der Waals surface area (Å²) in [5, 5.41) is 7.90. The Morgan fingerprint density at radius 2 is 2.22 bits per heavy atom. The molecule has 0 saturated carbocycles. The minimum absolute atomic E-state index is 0.262. The second-order valence-corrected chi connectivity index (χ2v) is 5.62. The van der Waals surface area contributed by atoms with E-state index in [-0.39, 0.29) is 12.5 Å². The van der Waals surface area contributed by atoms with E-state index in [2.05, 4.69) is 22.4 Å². The van der Waals surface area contributed by atoms with Gasteiger partial charge in [-0.05, 0) is 24.6 Å². The Morgan fingerprint density at radius 3 is 3.04 bits per heavy atom. The number of hydrogen-bond donors (Lipinski definition) is 1. The molecule has 0 unspecified atom stereocenters. The molecule has 0 aliphatic heterocycles. The van der Waals surface area contributed by atoms with Crippen molar-refractivity contribution in [2.45, 2.75) is 26.3 Å². The van der Waals surface area contributed by atoms with Crippen LogP contribution in [0.15, 0.2) is 41.1 Å². The summed E-state index contributed by atoms with van der Waals surface area (Å²) in [7, 11) is 0. The van der Waals surface area contributed by atoms with Crippen molar-refractivity contribution in [1.82, 2.24) is 15.5 Å². The largest absolute Gasteiger partial charge is 0.359 e. The zero-order valence-corrected chi connectivity index (χ0v) is 13.4. The lowest BCUT2D eigenvalue weighted by atomic mass is 10.1. The molecule has 2 aromatic heterocycles. The van der Waals surface area contributed by atoms with Crippen LogP contribution in [0.25, 0.3) is 10.9 Å². The molecule has 1 amide bonds. The molecule has 1 N–H and O–H groups in total. The van der Waals surface area contributed by atoms with Crippen LogP contribution >= 0.6 is 11.6 Å². The maximum atomic E-state index is 12.5. The molecule has 0 fully saturated rings. The molecular formula is C17H16ClN3O2. The monoisotopic (exact) mass is 329 g/mol. The van der Waals surface area contributed by atoms with E-state index in [1.165, 1.54) is 0 Å². The highest BCUT2D eigenvalue weighted by Crippen LogP contribution is 2.24. The quantitative estimate of drug-likeness (QED) is 0.774. The highest BCUT2D eigenvalue weighted by molar-refractivity contribution is 6.35. The van der Waals surface area contributed by atoms with Gasteiger partial charge in [0.15, 0.2) is 5.76 Å².